The standard InChI is InChI=1S/C14H20FO4P/c1-4-11(3)19-20(17,18)9-13(16)8-12-5-6-14(15)10(2)7-12/h5-7,11H,4,8-9H2,1-3H3,(H,17,18). The van der Waals surface area contributed by atoms with Crippen LogP contribution in [0.15, 0.2) is 18.2 Å². The summed E-state index contributed by atoms with van der Waals surface area (Å²) < 4.78 is 29.8. The molecular formula is C14H20FO4P. The molecule has 2 unspecified atom stereocenters. The zero-order chi connectivity index (χ0) is 15.3. The van der Waals surface area contributed by atoms with Gasteiger partial charge in [0.05, 0.1) is 6.10 Å². The molecule has 6 heteroatoms. The van der Waals surface area contributed by atoms with Crippen LogP contribution in [0.25, 0.3) is 0 Å². The number of rotatable bonds is 7. The van der Waals surface area contributed by atoms with E-state index in [4.69, 9.17) is 4.52 Å². The first-order valence-electron chi connectivity index (χ1n) is 6.50. The van der Waals surface area contributed by atoms with E-state index in [-0.39, 0.29) is 18.3 Å². The Bertz CT molecular complexity index is 530. The highest BCUT2D eigenvalue weighted by atomic mass is 31.2. The van der Waals surface area contributed by atoms with Crippen LogP contribution < -0.4 is 0 Å². The second-order valence-electron chi connectivity index (χ2n) is 4.92. The third-order valence-corrected chi connectivity index (χ3v) is 4.36. The molecule has 0 amide bonds. The quantitative estimate of drug-likeness (QED) is 0.785. The molecule has 0 radical (unpaired) electrons. The predicted molar refractivity (Wildman–Crippen MR) is 75.4 cm³/mol. The van der Waals surface area contributed by atoms with Gasteiger partial charge in [0.2, 0.25) is 0 Å². The zero-order valence-corrected chi connectivity index (χ0v) is 12.8. The smallest absolute Gasteiger partial charge is 0.324 e. The molecule has 1 aromatic carbocycles. The molecule has 0 fully saturated rings. The number of hydrogen-bond donors (Lipinski definition) is 1. The number of aryl methyl sites for hydroxylation is 1. The van der Waals surface area contributed by atoms with Crippen molar-refractivity contribution in [3.05, 3.63) is 35.1 Å². The van der Waals surface area contributed by atoms with E-state index in [0.29, 0.717) is 17.5 Å². The first-order chi connectivity index (χ1) is 9.23. The van der Waals surface area contributed by atoms with Gasteiger partial charge in [-0.15, -0.1) is 0 Å². The summed E-state index contributed by atoms with van der Waals surface area (Å²) in [6.45, 7) is 5.11. The van der Waals surface area contributed by atoms with Crippen LogP contribution in [0.1, 0.15) is 31.4 Å². The zero-order valence-electron chi connectivity index (χ0n) is 11.9. The van der Waals surface area contributed by atoms with Crippen LogP contribution in [-0.4, -0.2) is 22.9 Å². The van der Waals surface area contributed by atoms with Crippen LogP contribution in [-0.2, 0) is 20.3 Å². The van der Waals surface area contributed by atoms with Crippen molar-refractivity contribution in [3.8, 4) is 0 Å². The molecule has 0 aliphatic heterocycles. The Hall–Kier alpha value is -1.03. The highest BCUT2D eigenvalue weighted by Gasteiger charge is 2.26. The molecule has 0 heterocycles. The Balaban J connectivity index is 2.63. The van der Waals surface area contributed by atoms with Crippen molar-refractivity contribution in [2.75, 3.05) is 6.16 Å². The van der Waals surface area contributed by atoms with Gasteiger partial charge in [0.1, 0.15) is 17.8 Å². The van der Waals surface area contributed by atoms with Crippen molar-refractivity contribution >= 4 is 13.4 Å². The van der Waals surface area contributed by atoms with Gasteiger partial charge in [-0.3, -0.25) is 9.36 Å². The number of halogens is 1. The lowest BCUT2D eigenvalue weighted by Gasteiger charge is -2.16. The molecular weight excluding hydrogens is 282 g/mol. The summed E-state index contributed by atoms with van der Waals surface area (Å²) >= 11 is 0. The summed E-state index contributed by atoms with van der Waals surface area (Å²) in [7, 11) is -3.90. The van der Waals surface area contributed by atoms with Gasteiger partial charge in [-0.05, 0) is 37.5 Å². The van der Waals surface area contributed by atoms with Gasteiger partial charge < -0.3 is 9.42 Å². The van der Waals surface area contributed by atoms with Crippen molar-refractivity contribution < 1.29 is 23.2 Å². The maximum absolute atomic E-state index is 13.1. The second kappa shape index (κ2) is 7.11. The van der Waals surface area contributed by atoms with Crippen LogP contribution in [0.2, 0.25) is 0 Å². The minimum atomic E-state index is -3.90. The average molecular weight is 302 g/mol. The molecule has 0 bridgehead atoms. The normalized spacial score (nSPS) is 15.7. The maximum Gasteiger partial charge on any atom is 0.335 e. The molecule has 1 aromatic rings. The number of ketones is 1. The third kappa shape index (κ3) is 5.53. The second-order valence-corrected chi connectivity index (χ2v) is 6.72. The Morgan fingerprint density at radius 1 is 1.50 bits per heavy atom. The van der Waals surface area contributed by atoms with Crippen LogP contribution in [0.4, 0.5) is 4.39 Å². The van der Waals surface area contributed by atoms with Gasteiger partial charge in [-0.1, -0.05) is 19.1 Å². The predicted octanol–water partition coefficient (Wildman–Crippen LogP) is 3.25. The number of benzene rings is 1. The fourth-order valence-electron chi connectivity index (χ4n) is 1.72. The fourth-order valence-corrected chi connectivity index (χ4v) is 3.06. The first kappa shape index (κ1) is 17.0. The van der Waals surface area contributed by atoms with Gasteiger partial charge in [0.25, 0.3) is 0 Å². The lowest BCUT2D eigenvalue weighted by atomic mass is 10.1. The molecule has 0 saturated heterocycles. The summed E-state index contributed by atoms with van der Waals surface area (Å²) in [5, 5.41) is 0. The van der Waals surface area contributed by atoms with Crippen molar-refractivity contribution in [1.29, 1.82) is 0 Å². The minimum absolute atomic E-state index is 0.00443. The maximum atomic E-state index is 13.1. The number of carbonyl (C=O) groups is 1. The molecule has 4 nitrogen and oxygen atoms in total. The van der Waals surface area contributed by atoms with Crippen molar-refractivity contribution in [3.63, 3.8) is 0 Å². The van der Waals surface area contributed by atoms with E-state index in [1.54, 1.807) is 19.9 Å². The summed E-state index contributed by atoms with van der Waals surface area (Å²) in [6.07, 6.45) is -0.300. The molecule has 112 valence electrons. The number of carbonyl (C=O) groups excluding carboxylic acids is 1. The first-order valence-corrected chi connectivity index (χ1v) is 8.26. The van der Waals surface area contributed by atoms with E-state index in [1.165, 1.54) is 12.1 Å². The number of hydrogen-bond acceptors (Lipinski definition) is 3. The fraction of sp³-hybridized carbons (Fsp3) is 0.500. The highest BCUT2D eigenvalue weighted by Crippen LogP contribution is 2.43. The molecule has 2 atom stereocenters. The molecule has 0 aliphatic rings. The highest BCUT2D eigenvalue weighted by molar-refractivity contribution is 7.53. The van der Waals surface area contributed by atoms with Gasteiger partial charge in [0, 0.05) is 6.42 Å². The molecule has 0 saturated carbocycles. The average Bonchev–Trinajstić information content (AvgIpc) is 2.32. The monoisotopic (exact) mass is 302 g/mol. The van der Waals surface area contributed by atoms with E-state index >= 15 is 0 Å². The third-order valence-electron chi connectivity index (χ3n) is 2.92. The van der Waals surface area contributed by atoms with Crippen molar-refractivity contribution in [1.82, 2.24) is 0 Å². The Morgan fingerprint density at radius 2 is 2.15 bits per heavy atom. The van der Waals surface area contributed by atoms with E-state index in [2.05, 4.69) is 0 Å². The Labute approximate surface area is 118 Å². The minimum Gasteiger partial charge on any atom is -0.324 e. The van der Waals surface area contributed by atoms with Gasteiger partial charge in [-0.2, -0.15) is 0 Å². The van der Waals surface area contributed by atoms with Crippen molar-refractivity contribution in [2.24, 2.45) is 0 Å². The van der Waals surface area contributed by atoms with Crippen molar-refractivity contribution in [2.45, 2.75) is 39.7 Å². The largest absolute Gasteiger partial charge is 0.335 e. The molecule has 1 rings (SSSR count). The molecule has 1 N–H and O–H groups in total. The van der Waals surface area contributed by atoms with Crippen LogP contribution in [0.3, 0.4) is 0 Å². The van der Waals surface area contributed by atoms with E-state index in [9.17, 15) is 18.6 Å². The van der Waals surface area contributed by atoms with Crippen LogP contribution in [0, 0.1) is 12.7 Å². The van der Waals surface area contributed by atoms with Gasteiger partial charge >= 0.3 is 7.60 Å². The summed E-state index contributed by atoms with van der Waals surface area (Å²) in [6, 6.07) is 4.34. The molecule has 0 aliphatic carbocycles. The Morgan fingerprint density at radius 3 is 2.70 bits per heavy atom. The van der Waals surface area contributed by atoms with E-state index in [1.807, 2.05) is 6.92 Å². The summed E-state index contributed by atoms with van der Waals surface area (Å²) in [4.78, 5) is 21.4. The molecule has 20 heavy (non-hydrogen) atoms. The lowest BCUT2D eigenvalue weighted by Crippen LogP contribution is -2.13. The van der Waals surface area contributed by atoms with Gasteiger partial charge in [0.15, 0.2) is 0 Å². The molecule has 0 aromatic heterocycles. The van der Waals surface area contributed by atoms with E-state index in [0.717, 1.165) is 0 Å². The Kier molecular flexibility index (Phi) is 6.06. The van der Waals surface area contributed by atoms with Crippen LogP contribution >= 0.6 is 7.60 Å². The summed E-state index contributed by atoms with van der Waals surface area (Å²) in [5.74, 6) is -0.737. The lowest BCUT2D eigenvalue weighted by molar-refractivity contribution is -0.116. The van der Waals surface area contributed by atoms with Crippen LogP contribution in [0.5, 0.6) is 0 Å². The summed E-state index contributed by atoms with van der Waals surface area (Å²) in [5.41, 5.74) is 1.07. The van der Waals surface area contributed by atoms with E-state index < -0.39 is 19.5 Å². The topological polar surface area (TPSA) is 63.6 Å². The SMILES string of the molecule is CCC(C)OP(=O)(O)CC(=O)Cc1ccc(F)c(C)c1. The molecule has 0 spiro atoms. The number of Topliss-reactive ketones (excluding diaryl/α,β-unsaturated/α-hetero) is 1. The van der Waals surface area contributed by atoms with Gasteiger partial charge in [-0.25, -0.2) is 4.39 Å².